The second-order valence-electron chi connectivity index (χ2n) is 7.73. The maximum atomic E-state index is 13.1. The third-order valence-electron chi connectivity index (χ3n) is 5.85. The van der Waals surface area contributed by atoms with E-state index in [2.05, 4.69) is 15.9 Å². The Balaban J connectivity index is 1.44. The van der Waals surface area contributed by atoms with Gasteiger partial charge >= 0.3 is 0 Å². The number of carbonyl (C=O) groups excluding carboxylic acids is 1. The molecule has 0 atom stereocenters. The molecule has 1 fully saturated rings. The number of hydrogen-bond donors (Lipinski definition) is 0. The molecule has 2 aliphatic heterocycles. The van der Waals surface area contributed by atoms with E-state index in [9.17, 15) is 13.2 Å². The van der Waals surface area contributed by atoms with Gasteiger partial charge in [0, 0.05) is 30.7 Å². The van der Waals surface area contributed by atoms with Gasteiger partial charge in [-0.2, -0.15) is 4.31 Å². The Morgan fingerprint density at radius 3 is 2.57 bits per heavy atom. The summed E-state index contributed by atoms with van der Waals surface area (Å²) in [4.78, 5) is 15.1. The highest BCUT2D eigenvalue weighted by Crippen LogP contribution is 2.34. The van der Waals surface area contributed by atoms with E-state index in [0.717, 1.165) is 40.4 Å². The number of sulfonamides is 1. The first-order chi connectivity index (χ1) is 14.4. The van der Waals surface area contributed by atoms with Crippen LogP contribution < -0.4 is 4.90 Å². The summed E-state index contributed by atoms with van der Waals surface area (Å²) in [6, 6.07) is 12.5. The van der Waals surface area contributed by atoms with Gasteiger partial charge in [-0.3, -0.25) is 4.79 Å². The topological polar surface area (TPSA) is 70.8 Å². The van der Waals surface area contributed by atoms with Gasteiger partial charge in [-0.05, 0) is 71.1 Å². The van der Waals surface area contributed by atoms with Gasteiger partial charge in [0.25, 0.3) is 5.91 Å². The van der Waals surface area contributed by atoms with Crippen LogP contribution >= 0.6 is 15.9 Å². The highest BCUT2D eigenvalue weighted by atomic mass is 79.9. The van der Waals surface area contributed by atoms with E-state index in [1.54, 1.807) is 33.5 Å². The highest BCUT2D eigenvalue weighted by molar-refractivity contribution is 9.10. The Morgan fingerprint density at radius 2 is 1.80 bits per heavy atom. The predicted molar refractivity (Wildman–Crippen MR) is 118 cm³/mol. The zero-order valence-corrected chi connectivity index (χ0v) is 18.7. The zero-order chi connectivity index (χ0) is 20.9. The monoisotopic (exact) mass is 488 g/mol. The summed E-state index contributed by atoms with van der Waals surface area (Å²) >= 11 is 3.45. The van der Waals surface area contributed by atoms with Gasteiger partial charge in [0.05, 0.1) is 9.37 Å². The molecule has 0 aliphatic carbocycles. The molecule has 156 valence electrons. The maximum absolute atomic E-state index is 13.1. The molecule has 0 saturated carbocycles. The molecule has 6 nitrogen and oxygen atoms in total. The maximum Gasteiger partial charge on any atom is 0.294 e. The number of amides is 1. The Bertz CT molecular complexity index is 1250. The van der Waals surface area contributed by atoms with Crippen molar-refractivity contribution in [2.24, 2.45) is 0 Å². The largest absolute Gasteiger partial charge is 0.450 e. The lowest BCUT2D eigenvalue weighted by Gasteiger charge is -2.26. The first kappa shape index (κ1) is 19.8. The zero-order valence-electron chi connectivity index (χ0n) is 16.3. The summed E-state index contributed by atoms with van der Waals surface area (Å²) in [5, 5.41) is 0.857. The number of nitrogens with zero attached hydrogens (tertiary/aromatic N) is 2. The van der Waals surface area contributed by atoms with Crippen LogP contribution in [0.5, 0.6) is 0 Å². The number of anilines is 1. The molecule has 1 saturated heterocycles. The third-order valence-corrected chi connectivity index (χ3v) is 8.37. The van der Waals surface area contributed by atoms with Crippen molar-refractivity contribution < 1.29 is 17.6 Å². The van der Waals surface area contributed by atoms with Crippen molar-refractivity contribution in [3.63, 3.8) is 0 Å². The first-order valence-electron chi connectivity index (χ1n) is 10.1. The van der Waals surface area contributed by atoms with Gasteiger partial charge in [-0.25, -0.2) is 8.42 Å². The molecule has 1 aromatic heterocycles. The number of para-hydroxylation sites is 1. The molecule has 0 bridgehead atoms. The van der Waals surface area contributed by atoms with E-state index in [1.807, 2.05) is 18.2 Å². The van der Waals surface area contributed by atoms with E-state index in [1.165, 1.54) is 0 Å². The summed E-state index contributed by atoms with van der Waals surface area (Å²) in [6.45, 7) is 1.65. The van der Waals surface area contributed by atoms with Crippen LogP contribution in [-0.4, -0.2) is 38.3 Å². The van der Waals surface area contributed by atoms with Crippen LogP contribution in [0.25, 0.3) is 11.0 Å². The fourth-order valence-electron chi connectivity index (χ4n) is 4.27. The van der Waals surface area contributed by atoms with Gasteiger partial charge in [0.15, 0.2) is 5.76 Å². The number of halogens is 1. The number of benzene rings is 2. The second kappa shape index (κ2) is 7.51. The molecule has 0 spiro atoms. The molecule has 3 aromatic rings. The average molecular weight is 489 g/mol. The average Bonchev–Trinajstić information content (AvgIpc) is 3.38. The van der Waals surface area contributed by atoms with Crippen LogP contribution in [0.3, 0.4) is 0 Å². The molecule has 5 rings (SSSR count). The minimum Gasteiger partial charge on any atom is -0.450 e. The van der Waals surface area contributed by atoms with Crippen LogP contribution in [0.2, 0.25) is 0 Å². The summed E-state index contributed by atoms with van der Waals surface area (Å²) in [5.41, 5.74) is 2.26. The molecule has 2 aromatic carbocycles. The Labute approximate surface area is 183 Å². The second-order valence-corrected chi connectivity index (χ2v) is 10.5. The Hall–Kier alpha value is -2.16. The number of rotatable bonds is 3. The highest BCUT2D eigenvalue weighted by Gasteiger charge is 2.31. The molecule has 30 heavy (non-hydrogen) atoms. The lowest BCUT2D eigenvalue weighted by atomic mass is 10.2. The van der Waals surface area contributed by atoms with E-state index in [4.69, 9.17) is 4.42 Å². The molecule has 8 heteroatoms. The van der Waals surface area contributed by atoms with Gasteiger partial charge in [-0.1, -0.05) is 18.6 Å². The van der Waals surface area contributed by atoms with E-state index >= 15 is 0 Å². The number of hydrogen-bond acceptors (Lipinski definition) is 4. The van der Waals surface area contributed by atoms with E-state index < -0.39 is 10.0 Å². The van der Waals surface area contributed by atoms with Gasteiger partial charge in [-0.15, -0.1) is 0 Å². The van der Waals surface area contributed by atoms with E-state index in [0.29, 0.717) is 36.5 Å². The molecule has 0 unspecified atom stereocenters. The van der Waals surface area contributed by atoms with E-state index in [-0.39, 0.29) is 11.7 Å². The molecule has 0 radical (unpaired) electrons. The predicted octanol–water partition coefficient (Wildman–Crippen LogP) is 4.57. The third kappa shape index (κ3) is 3.27. The minimum atomic E-state index is -3.49. The lowest BCUT2D eigenvalue weighted by molar-refractivity contribution is 0.0965. The molecule has 3 heterocycles. The van der Waals surface area contributed by atoms with Gasteiger partial charge in [0.1, 0.15) is 5.58 Å². The quantitative estimate of drug-likeness (QED) is 0.541. The summed E-state index contributed by atoms with van der Waals surface area (Å²) in [6.07, 6.45) is 3.50. The molecule has 1 amide bonds. The number of furan rings is 1. The molecule has 2 aliphatic rings. The fourth-order valence-corrected chi connectivity index (χ4v) is 6.30. The standard InChI is InChI=1S/C22H21BrN2O4S/c23-18-6-4-5-16-14-20(29-21(16)18)22(26)25-12-9-15-13-17(7-8-19(15)25)30(27,28)24-10-2-1-3-11-24/h4-8,13-14H,1-3,9-12H2. The molecular formula is C22H21BrN2O4S. The summed E-state index contributed by atoms with van der Waals surface area (Å²) in [5.74, 6) is 0.0539. The van der Waals surface area contributed by atoms with Crippen molar-refractivity contribution in [1.82, 2.24) is 4.31 Å². The van der Waals surface area contributed by atoms with Crippen LogP contribution in [0.4, 0.5) is 5.69 Å². The van der Waals surface area contributed by atoms with Crippen molar-refractivity contribution >= 4 is 48.5 Å². The van der Waals surface area contributed by atoms with Crippen molar-refractivity contribution in [3.05, 3.63) is 58.3 Å². The number of carbonyl (C=O) groups is 1. The number of piperidine rings is 1. The fraction of sp³-hybridized carbons (Fsp3) is 0.318. The SMILES string of the molecule is O=C(c1cc2cccc(Br)c2o1)N1CCc2cc(S(=O)(=O)N3CCCCC3)ccc21. The van der Waals surface area contributed by atoms with Crippen LogP contribution in [0.15, 0.2) is 56.2 Å². The first-order valence-corrected chi connectivity index (χ1v) is 12.3. The van der Waals surface area contributed by atoms with Crippen molar-refractivity contribution in [1.29, 1.82) is 0 Å². The van der Waals surface area contributed by atoms with Crippen molar-refractivity contribution in [3.8, 4) is 0 Å². The summed E-state index contributed by atoms with van der Waals surface area (Å²) < 4.78 is 34.1. The minimum absolute atomic E-state index is 0.219. The van der Waals surface area contributed by atoms with Crippen molar-refractivity contribution in [2.75, 3.05) is 24.5 Å². The van der Waals surface area contributed by atoms with Gasteiger partial charge < -0.3 is 9.32 Å². The Morgan fingerprint density at radius 1 is 1.00 bits per heavy atom. The number of fused-ring (bicyclic) bond motifs is 2. The lowest BCUT2D eigenvalue weighted by Crippen LogP contribution is -2.35. The van der Waals surface area contributed by atoms with Crippen LogP contribution in [0.1, 0.15) is 35.4 Å². The summed E-state index contributed by atoms with van der Waals surface area (Å²) in [7, 11) is -3.49. The van der Waals surface area contributed by atoms with Crippen LogP contribution in [-0.2, 0) is 16.4 Å². The van der Waals surface area contributed by atoms with Crippen molar-refractivity contribution in [2.45, 2.75) is 30.6 Å². The normalized spacial score (nSPS) is 17.4. The molecule has 0 N–H and O–H groups in total. The smallest absolute Gasteiger partial charge is 0.294 e. The molecular weight excluding hydrogens is 468 g/mol. The van der Waals surface area contributed by atoms with Crippen LogP contribution in [0, 0.1) is 0 Å². The van der Waals surface area contributed by atoms with Gasteiger partial charge in [0.2, 0.25) is 10.0 Å². The Kier molecular flexibility index (Phi) is 4.95.